The van der Waals surface area contributed by atoms with Gasteiger partial charge in [0.25, 0.3) is 0 Å². The molecular formula is C13H17N3O3. The fraction of sp³-hybridized carbons (Fsp3) is 0.462. The molecule has 0 saturated heterocycles. The Labute approximate surface area is 111 Å². The van der Waals surface area contributed by atoms with Gasteiger partial charge in [-0.05, 0) is 36.8 Å². The molecule has 0 aromatic carbocycles. The molecule has 0 unspecified atom stereocenters. The summed E-state index contributed by atoms with van der Waals surface area (Å²) in [7, 11) is 0. The Bertz CT molecular complexity index is 480. The van der Waals surface area contributed by atoms with Gasteiger partial charge < -0.3 is 15.7 Å². The van der Waals surface area contributed by atoms with E-state index in [1.807, 2.05) is 0 Å². The third-order valence-corrected chi connectivity index (χ3v) is 3.57. The van der Waals surface area contributed by atoms with Crippen LogP contribution in [0.2, 0.25) is 0 Å². The first-order chi connectivity index (χ1) is 9.04. The molecule has 19 heavy (non-hydrogen) atoms. The van der Waals surface area contributed by atoms with Crippen molar-refractivity contribution in [2.24, 2.45) is 5.41 Å². The molecule has 0 bridgehead atoms. The van der Waals surface area contributed by atoms with Gasteiger partial charge in [-0.3, -0.25) is 0 Å². The van der Waals surface area contributed by atoms with Crippen LogP contribution >= 0.6 is 0 Å². The van der Waals surface area contributed by atoms with Gasteiger partial charge >= 0.3 is 12.0 Å². The van der Waals surface area contributed by atoms with E-state index < -0.39 is 5.97 Å². The van der Waals surface area contributed by atoms with E-state index in [9.17, 15) is 9.59 Å². The third-order valence-electron chi connectivity index (χ3n) is 3.57. The number of carboxylic acids is 1. The highest BCUT2D eigenvalue weighted by Crippen LogP contribution is 2.47. The molecule has 6 nitrogen and oxygen atoms in total. The standard InChI is InChI=1S/C13H17N3O3/c1-2-13(5-6-13)8-15-12(19)16-9-3-4-10(11(17)18)14-7-9/h3-4,7H,2,5-6,8H2,1H3,(H,17,18)(H2,15,16,19). The van der Waals surface area contributed by atoms with Crippen LogP contribution in [0.25, 0.3) is 0 Å². The van der Waals surface area contributed by atoms with Crippen LogP contribution in [0.5, 0.6) is 0 Å². The summed E-state index contributed by atoms with van der Waals surface area (Å²) in [5.41, 5.74) is 0.723. The molecule has 6 heteroatoms. The largest absolute Gasteiger partial charge is 0.477 e. The number of pyridine rings is 1. The van der Waals surface area contributed by atoms with Gasteiger partial charge in [-0.1, -0.05) is 6.92 Å². The number of amides is 2. The van der Waals surface area contributed by atoms with Crippen LogP contribution in [0.4, 0.5) is 10.5 Å². The lowest BCUT2D eigenvalue weighted by Gasteiger charge is -2.13. The molecule has 1 saturated carbocycles. The average Bonchev–Trinajstić information content (AvgIpc) is 3.18. The van der Waals surface area contributed by atoms with E-state index in [-0.39, 0.29) is 11.7 Å². The van der Waals surface area contributed by atoms with Crippen LogP contribution in [-0.2, 0) is 0 Å². The normalized spacial score (nSPS) is 15.6. The highest BCUT2D eigenvalue weighted by atomic mass is 16.4. The minimum absolute atomic E-state index is 0.0473. The summed E-state index contributed by atoms with van der Waals surface area (Å²) in [5.74, 6) is -1.09. The summed E-state index contributed by atoms with van der Waals surface area (Å²) in [5, 5.41) is 14.2. The van der Waals surface area contributed by atoms with Crippen molar-refractivity contribution in [1.82, 2.24) is 10.3 Å². The fourth-order valence-corrected chi connectivity index (χ4v) is 1.87. The summed E-state index contributed by atoms with van der Waals surface area (Å²) < 4.78 is 0. The van der Waals surface area contributed by atoms with Crippen molar-refractivity contribution in [2.45, 2.75) is 26.2 Å². The van der Waals surface area contributed by atoms with Crippen molar-refractivity contribution in [2.75, 3.05) is 11.9 Å². The van der Waals surface area contributed by atoms with E-state index in [1.54, 1.807) is 0 Å². The van der Waals surface area contributed by atoms with Crippen molar-refractivity contribution in [3.8, 4) is 0 Å². The molecule has 3 N–H and O–H groups in total. The molecule has 0 atom stereocenters. The molecule has 1 heterocycles. The van der Waals surface area contributed by atoms with Crippen LogP contribution in [0, 0.1) is 5.41 Å². The van der Waals surface area contributed by atoms with Crippen LogP contribution in [0.1, 0.15) is 36.7 Å². The number of nitrogens with one attached hydrogen (secondary N) is 2. The topological polar surface area (TPSA) is 91.3 Å². The Morgan fingerprint density at radius 1 is 1.42 bits per heavy atom. The summed E-state index contributed by atoms with van der Waals surface area (Å²) in [6.45, 7) is 2.80. The molecule has 2 rings (SSSR count). The predicted molar refractivity (Wildman–Crippen MR) is 70.2 cm³/mol. The minimum Gasteiger partial charge on any atom is -0.477 e. The zero-order valence-corrected chi connectivity index (χ0v) is 10.8. The number of carbonyl (C=O) groups is 2. The highest BCUT2D eigenvalue weighted by molar-refractivity contribution is 5.90. The lowest BCUT2D eigenvalue weighted by atomic mass is 10.0. The third kappa shape index (κ3) is 3.43. The predicted octanol–water partition coefficient (Wildman–Crippen LogP) is 2.09. The van der Waals surface area contributed by atoms with Crippen LogP contribution in [-0.4, -0.2) is 28.6 Å². The van der Waals surface area contributed by atoms with E-state index in [2.05, 4.69) is 22.5 Å². The Kier molecular flexibility index (Phi) is 3.69. The Hall–Kier alpha value is -2.11. The number of carbonyl (C=O) groups excluding carboxylic acids is 1. The van der Waals surface area contributed by atoms with Crippen LogP contribution in [0.15, 0.2) is 18.3 Å². The Morgan fingerprint density at radius 3 is 2.63 bits per heavy atom. The van der Waals surface area contributed by atoms with Crippen molar-refractivity contribution in [3.05, 3.63) is 24.0 Å². The van der Waals surface area contributed by atoms with Gasteiger partial charge in [0.2, 0.25) is 0 Å². The van der Waals surface area contributed by atoms with Crippen LogP contribution in [0.3, 0.4) is 0 Å². The van der Waals surface area contributed by atoms with Gasteiger partial charge in [0.1, 0.15) is 5.69 Å². The maximum absolute atomic E-state index is 11.7. The second-order valence-corrected chi connectivity index (χ2v) is 4.90. The van der Waals surface area contributed by atoms with Crippen LogP contribution < -0.4 is 10.6 Å². The Morgan fingerprint density at radius 2 is 2.16 bits per heavy atom. The molecule has 0 spiro atoms. The fourth-order valence-electron chi connectivity index (χ4n) is 1.87. The van der Waals surface area contributed by atoms with E-state index >= 15 is 0 Å². The Balaban J connectivity index is 1.83. The van der Waals surface area contributed by atoms with E-state index in [0.29, 0.717) is 17.6 Å². The number of carboxylic acid groups (broad SMARTS) is 1. The number of aromatic carboxylic acids is 1. The first-order valence-corrected chi connectivity index (χ1v) is 6.29. The van der Waals surface area contributed by atoms with Gasteiger partial charge in [0.05, 0.1) is 11.9 Å². The average molecular weight is 263 g/mol. The molecule has 1 aromatic rings. The molecule has 102 valence electrons. The van der Waals surface area contributed by atoms with Gasteiger partial charge in [-0.15, -0.1) is 0 Å². The number of hydrogen-bond donors (Lipinski definition) is 3. The number of hydrogen-bond acceptors (Lipinski definition) is 3. The second-order valence-electron chi connectivity index (χ2n) is 4.90. The number of anilines is 1. The minimum atomic E-state index is -1.09. The van der Waals surface area contributed by atoms with Crippen molar-refractivity contribution >= 4 is 17.7 Å². The van der Waals surface area contributed by atoms with Gasteiger partial charge in [-0.25, -0.2) is 14.6 Å². The van der Waals surface area contributed by atoms with Crippen molar-refractivity contribution < 1.29 is 14.7 Å². The summed E-state index contributed by atoms with van der Waals surface area (Å²) >= 11 is 0. The van der Waals surface area contributed by atoms with Gasteiger partial charge in [-0.2, -0.15) is 0 Å². The maximum atomic E-state index is 11.7. The number of urea groups is 1. The summed E-state index contributed by atoms with van der Waals surface area (Å²) in [6, 6.07) is 2.58. The first-order valence-electron chi connectivity index (χ1n) is 6.29. The number of aromatic nitrogens is 1. The smallest absolute Gasteiger partial charge is 0.354 e. The molecule has 2 amide bonds. The maximum Gasteiger partial charge on any atom is 0.354 e. The lowest BCUT2D eigenvalue weighted by Crippen LogP contribution is -2.33. The van der Waals surface area contributed by atoms with Crippen molar-refractivity contribution in [3.63, 3.8) is 0 Å². The molecule has 1 aliphatic rings. The zero-order chi connectivity index (χ0) is 13.9. The SMILES string of the molecule is CCC1(CNC(=O)Nc2ccc(C(=O)O)nc2)CC1. The quantitative estimate of drug-likeness (QED) is 0.758. The monoisotopic (exact) mass is 263 g/mol. The van der Waals surface area contributed by atoms with Crippen molar-refractivity contribution in [1.29, 1.82) is 0 Å². The number of nitrogens with zero attached hydrogens (tertiary/aromatic N) is 1. The lowest BCUT2D eigenvalue weighted by molar-refractivity contribution is 0.0690. The molecular weight excluding hydrogens is 246 g/mol. The summed E-state index contributed by atoms with van der Waals surface area (Å²) in [6.07, 6.45) is 4.73. The second kappa shape index (κ2) is 5.26. The van der Waals surface area contributed by atoms with E-state index in [4.69, 9.17) is 5.11 Å². The molecule has 1 aliphatic carbocycles. The number of rotatable bonds is 5. The molecule has 0 radical (unpaired) electrons. The zero-order valence-electron chi connectivity index (χ0n) is 10.8. The first kappa shape index (κ1) is 13.3. The highest BCUT2D eigenvalue weighted by Gasteiger charge is 2.40. The molecule has 1 aromatic heterocycles. The molecule has 0 aliphatic heterocycles. The molecule has 1 fully saturated rings. The van der Waals surface area contributed by atoms with E-state index in [0.717, 1.165) is 6.42 Å². The summed E-state index contributed by atoms with van der Waals surface area (Å²) in [4.78, 5) is 26.0. The van der Waals surface area contributed by atoms with E-state index in [1.165, 1.54) is 31.2 Å². The van der Waals surface area contributed by atoms with Gasteiger partial charge in [0, 0.05) is 6.54 Å². The van der Waals surface area contributed by atoms with Gasteiger partial charge in [0.15, 0.2) is 0 Å².